The molecule has 2 rings (SSSR count). The summed E-state index contributed by atoms with van der Waals surface area (Å²) >= 11 is 0. The number of ether oxygens (including phenoxy) is 4. The predicted octanol–water partition coefficient (Wildman–Crippen LogP) is 1.84. The molecule has 0 saturated carbocycles. The summed E-state index contributed by atoms with van der Waals surface area (Å²) in [6, 6.07) is 9.64. The topological polar surface area (TPSA) is 40.2 Å². The van der Waals surface area contributed by atoms with E-state index in [-0.39, 0.29) is 12.4 Å². The van der Waals surface area contributed by atoms with Crippen LogP contribution in [0.15, 0.2) is 30.3 Å². The Morgan fingerprint density at radius 1 is 1.29 bits per heavy atom. The van der Waals surface area contributed by atoms with E-state index in [9.17, 15) is 0 Å². The Morgan fingerprint density at radius 2 is 2.06 bits per heavy atom. The Kier molecular flexibility index (Phi) is 4.79. The molecule has 1 aromatic carbocycles. The van der Waals surface area contributed by atoms with Gasteiger partial charge in [-0.2, -0.15) is 0 Å². The van der Waals surface area contributed by atoms with Crippen molar-refractivity contribution >= 4 is 0 Å². The number of hydrogen-bond donors (Lipinski definition) is 0. The highest BCUT2D eigenvalue weighted by molar-refractivity contribution is 5.20. The first-order chi connectivity index (χ1) is 8.38. The molecular formula is C13H18O4. The van der Waals surface area contributed by atoms with E-state index in [0.717, 1.165) is 12.4 Å². The van der Waals surface area contributed by atoms with Gasteiger partial charge in [0.2, 0.25) is 0 Å². The molecule has 4 nitrogen and oxygen atoms in total. The predicted molar refractivity (Wildman–Crippen MR) is 63.0 cm³/mol. The molecule has 2 unspecified atom stereocenters. The Morgan fingerprint density at radius 3 is 2.71 bits per heavy atom. The highest BCUT2D eigenvalue weighted by atomic mass is 16.7. The normalized spacial score (nSPS) is 19.9. The molecule has 1 aromatic rings. The Labute approximate surface area is 101 Å². The van der Waals surface area contributed by atoms with Gasteiger partial charge in [0, 0.05) is 6.61 Å². The largest absolute Gasteiger partial charge is 0.488 e. The summed E-state index contributed by atoms with van der Waals surface area (Å²) in [4.78, 5) is 0. The van der Waals surface area contributed by atoms with Crippen molar-refractivity contribution in [2.24, 2.45) is 0 Å². The molecule has 0 aliphatic carbocycles. The van der Waals surface area contributed by atoms with E-state index in [1.165, 1.54) is 0 Å². The molecule has 1 heterocycles. The fourth-order valence-corrected chi connectivity index (χ4v) is 1.39. The van der Waals surface area contributed by atoms with Gasteiger partial charge >= 0.3 is 0 Å². The van der Waals surface area contributed by atoms with Gasteiger partial charge in [-0.25, -0.2) is 0 Å². The van der Waals surface area contributed by atoms with Crippen LogP contribution in [-0.2, 0) is 14.2 Å². The van der Waals surface area contributed by atoms with Crippen LogP contribution in [0.5, 0.6) is 5.75 Å². The zero-order valence-corrected chi connectivity index (χ0v) is 10.0. The van der Waals surface area contributed by atoms with Gasteiger partial charge in [0.05, 0.1) is 13.2 Å². The Bertz CT molecular complexity index is 310. The monoisotopic (exact) mass is 238 g/mol. The maximum Gasteiger partial charge on any atom is 0.191 e. The summed E-state index contributed by atoms with van der Waals surface area (Å²) in [5, 5.41) is 0. The maximum absolute atomic E-state index is 5.58. The SMILES string of the molecule is CCOC(COc1ccccc1)OCC1CO1. The second-order valence-corrected chi connectivity index (χ2v) is 3.80. The Balaban J connectivity index is 1.71. The summed E-state index contributed by atoms with van der Waals surface area (Å²) in [5.74, 6) is 0.823. The third kappa shape index (κ3) is 4.73. The number of rotatable bonds is 8. The highest BCUT2D eigenvalue weighted by Gasteiger charge is 2.24. The van der Waals surface area contributed by atoms with Crippen LogP contribution < -0.4 is 4.74 Å². The van der Waals surface area contributed by atoms with Gasteiger partial charge in [-0.3, -0.25) is 0 Å². The summed E-state index contributed by atoms with van der Waals surface area (Å²) < 4.78 is 21.7. The van der Waals surface area contributed by atoms with Crippen LogP contribution in [0.25, 0.3) is 0 Å². The number of epoxide rings is 1. The standard InChI is InChI=1S/C13H18O4/c1-2-14-13(17-9-12-8-15-12)10-16-11-6-4-3-5-7-11/h3-7,12-13H,2,8-10H2,1H3. The molecular weight excluding hydrogens is 220 g/mol. The van der Waals surface area contributed by atoms with Crippen molar-refractivity contribution in [3.05, 3.63) is 30.3 Å². The lowest BCUT2D eigenvalue weighted by Gasteiger charge is -2.17. The van der Waals surface area contributed by atoms with Crippen LogP contribution in [0.1, 0.15) is 6.92 Å². The minimum absolute atomic E-state index is 0.245. The van der Waals surface area contributed by atoms with Crippen LogP contribution in [0.4, 0.5) is 0 Å². The van der Waals surface area contributed by atoms with Gasteiger partial charge in [0.25, 0.3) is 0 Å². The van der Waals surface area contributed by atoms with E-state index >= 15 is 0 Å². The molecule has 1 saturated heterocycles. The molecule has 1 aliphatic heterocycles. The molecule has 0 aromatic heterocycles. The van der Waals surface area contributed by atoms with E-state index in [0.29, 0.717) is 19.8 Å². The zero-order chi connectivity index (χ0) is 11.9. The fourth-order valence-electron chi connectivity index (χ4n) is 1.39. The molecule has 1 aliphatic rings. The molecule has 94 valence electrons. The van der Waals surface area contributed by atoms with Gasteiger partial charge in [0.1, 0.15) is 18.5 Å². The lowest BCUT2D eigenvalue weighted by Crippen LogP contribution is -2.26. The fraction of sp³-hybridized carbons (Fsp3) is 0.538. The van der Waals surface area contributed by atoms with Crippen molar-refractivity contribution in [2.75, 3.05) is 26.4 Å². The van der Waals surface area contributed by atoms with Gasteiger partial charge in [0.15, 0.2) is 6.29 Å². The van der Waals surface area contributed by atoms with Crippen LogP contribution in [0.3, 0.4) is 0 Å². The Hall–Kier alpha value is -1.10. The van der Waals surface area contributed by atoms with Crippen LogP contribution in [-0.4, -0.2) is 38.8 Å². The van der Waals surface area contributed by atoms with Crippen molar-refractivity contribution in [2.45, 2.75) is 19.3 Å². The molecule has 0 N–H and O–H groups in total. The minimum atomic E-state index is -0.329. The molecule has 4 heteroatoms. The van der Waals surface area contributed by atoms with Crippen LogP contribution in [0.2, 0.25) is 0 Å². The average Bonchev–Trinajstić information content (AvgIpc) is 3.18. The first-order valence-electron chi connectivity index (χ1n) is 5.91. The van der Waals surface area contributed by atoms with E-state index in [1.807, 2.05) is 37.3 Å². The maximum atomic E-state index is 5.58. The summed E-state index contributed by atoms with van der Waals surface area (Å²) in [6.45, 7) is 4.30. The van der Waals surface area contributed by atoms with Crippen molar-refractivity contribution < 1.29 is 18.9 Å². The summed E-state index contributed by atoms with van der Waals surface area (Å²) in [5.41, 5.74) is 0. The smallest absolute Gasteiger partial charge is 0.191 e. The van der Waals surface area contributed by atoms with E-state index in [1.54, 1.807) is 0 Å². The van der Waals surface area contributed by atoms with Crippen LogP contribution >= 0.6 is 0 Å². The van der Waals surface area contributed by atoms with Crippen molar-refractivity contribution in [3.63, 3.8) is 0 Å². The van der Waals surface area contributed by atoms with Gasteiger partial charge in [-0.1, -0.05) is 18.2 Å². The number of para-hydroxylation sites is 1. The lowest BCUT2D eigenvalue weighted by atomic mass is 10.3. The molecule has 2 atom stereocenters. The first kappa shape index (κ1) is 12.4. The number of benzene rings is 1. The minimum Gasteiger partial charge on any atom is -0.488 e. The van der Waals surface area contributed by atoms with E-state index in [2.05, 4.69) is 0 Å². The lowest BCUT2D eigenvalue weighted by molar-refractivity contribution is -0.157. The third-order valence-corrected chi connectivity index (χ3v) is 2.35. The van der Waals surface area contributed by atoms with Crippen molar-refractivity contribution in [3.8, 4) is 5.75 Å². The summed E-state index contributed by atoms with van der Waals surface area (Å²) in [6.07, 6.45) is -0.0842. The third-order valence-electron chi connectivity index (χ3n) is 2.35. The molecule has 0 spiro atoms. The average molecular weight is 238 g/mol. The van der Waals surface area contributed by atoms with Gasteiger partial charge in [-0.05, 0) is 19.1 Å². The number of hydrogen-bond acceptors (Lipinski definition) is 4. The molecule has 0 radical (unpaired) electrons. The molecule has 0 bridgehead atoms. The molecule has 1 fully saturated rings. The van der Waals surface area contributed by atoms with E-state index in [4.69, 9.17) is 18.9 Å². The van der Waals surface area contributed by atoms with Gasteiger partial charge in [-0.15, -0.1) is 0 Å². The quantitative estimate of drug-likeness (QED) is 0.512. The first-order valence-corrected chi connectivity index (χ1v) is 5.91. The molecule has 0 amide bonds. The van der Waals surface area contributed by atoms with Crippen molar-refractivity contribution in [1.82, 2.24) is 0 Å². The highest BCUT2D eigenvalue weighted by Crippen LogP contribution is 2.12. The second-order valence-electron chi connectivity index (χ2n) is 3.80. The second kappa shape index (κ2) is 6.59. The van der Waals surface area contributed by atoms with Crippen molar-refractivity contribution in [1.29, 1.82) is 0 Å². The summed E-state index contributed by atoms with van der Waals surface area (Å²) in [7, 11) is 0. The van der Waals surface area contributed by atoms with Crippen LogP contribution in [0, 0.1) is 0 Å². The van der Waals surface area contributed by atoms with Gasteiger partial charge < -0.3 is 18.9 Å². The zero-order valence-electron chi connectivity index (χ0n) is 10.0. The molecule has 17 heavy (non-hydrogen) atoms. The van der Waals surface area contributed by atoms with E-state index < -0.39 is 0 Å².